The molecule has 2 heterocycles. The standard InChI is InChI=1S/C23H25N3O4/c1-3-4-5-9-22(28)24-18-12-10-17(11-13-18)20(27)15-30-23(29)19-14-26-16(2)7-6-8-21(26)25-19/h6-8,10-14H,3-5,9,15H2,1-2H3,(H,24,28). The summed E-state index contributed by atoms with van der Waals surface area (Å²) in [6, 6.07) is 12.1. The number of Topliss-reactive ketones (excluding diaryl/α,β-unsaturated/α-hetero) is 1. The number of imidazole rings is 1. The van der Waals surface area contributed by atoms with Crippen LogP contribution in [0.15, 0.2) is 48.7 Å². The number of hydrogen-bond donors (Lipinski definition) is 1. The first-order chi connectivity index (χ1) is 14.5. The maximum atomic E-state index is 12.3. The van der Waals surface area contributed by atoms with Crippen molar-refractivity contribution >= 4 is 29.0 Å². The first kappa shape index (κ1) is 21.2. The van der Waals surface area contributed by atoms with Crippen molar-refractivity contribution in [2.45, 2.75) is 39.5 Å². The second kappa shape index (κ2) is 9.82. The summed E-state index contributed by atoms with van der Waals surface area (Å²) in [5, 5.41) is 2.81. The van der Waals surface area contributed by atoms with Crippen molar-refractivity contribution < 1.29 is 19.1 Å². The lowest BCUT2D eigenvalue weighted by molar-refractivity contribution is -0.116. The van der Waals surface area contributed by atoms with Crippen LogP contribution in [0.3, 0.4) is 0 Å². The Morgan fingerprint density at radius 3 is 2.53 bits per heavy atom. The Kier molecular flexibility index (Phi) is 6.95. The van der Waals surface area contributed by atoms with Gasteiger partial charge in [-0.05, 0) is 49.7 Å². The number of aromatic nitrogens is 2. The summed E-state index contributed by atoms with van der Waals surface area (Å²) in [5.41, 5.74) is 2.76. The van der Waals surface area contributed by atoms with Crippen LogP contribution in [-0.2, 0) is 9.53 Å². The van der Waals surface area contributed by atoms with Gasteiger partial charge in [-0.1, -0.05) is 25.8 Å². The summed E-state index contributed by atoms with van der Waals surface area (Å²) in [6.07, 6.45) is 5.01. The molecule has 0 aliphatic rings. The molecule has 1 N–H and O–H groups in total. The number of aryl methyl sites for hydroxylation is 1. The number of rotatable bonds is 9. The zero-order valence-corrected chi connectivity index (χ0v) is 17.2. The highest BCUT2D eigenvalue weighted by molar-refractivity contribution is 5.99. The Balaban J connectivity index is 1.53. The fourth-order valence-electron chi connectivity index (χ4n) is 3.03. The molecular formula is C23H25N3O4. The fraction of sp³-hybridized carbons (Fsp3) is 0.304. The lowest BCUT2D eigenvalue weighted by atomic mass is 10.1. The zero-order chi connectivity index (χ0) is 21.5. The van der Waals surface area contributed by atoms with Crippen LogP contribution in [0, 0.1) is 6.92 Å². The van der Waals surface area contributed by atoms with Crippen LogP contribution in [0.1, 0.15) is 59.1 Å². The average molecular weight is 407 g/mol. The van der Waals surface area contributed by atoms with Crippen LogP contribution in [0.25, 0.3) is 5.65 Å². The number of ketones is 1. The van der Waals surface area contributed by atoms with E-state index in [9.17, 15) is 14.4 Å². The minimum absolute atomic E-state index is 0.0425. The van der Waals surface area contributed by atoms with Crippen molar-refractivity contribution in [3.8, 4) is 0 Å². The number of amides is 1. The van der Waals surface area contributed by atoms with Crippen molar-refractivity contribution in [2.75, 3.05) is 11.9 Å². The maximum absolute atomic E-state index is 12.3. The van der Waals surface area contributed by atoms with Crippen LogP contribution in [-0.4, -0.2) is 33.7 Å². The molecule has 0 atom stereocenters. The lowest BCUT2D eigenvalue weighted by Crippen LogP contribution is -2.15. The van der Waals surface area contributed by atoms with E-state index in [2.05, 4.69) is 17.2 Å². The molecule has 7 nitrogen and oxygen atoms in total. The van der Waals surface area contributed by atoms with Gasteiger partial charge >= 0.3 is 5.97 Å². The Hall–Kier alpha value is -3.48. The number of nitrogens with one attached hydrogen (secondary N) is 1. The number of carbonyl (C=O) groups is 3. The predicted octanol–water partition coefficient (Wildman–Crippen LogP) is 4.20. The molecule has 0 saturated carbocycles. The van der Waals surface area contributed by atoms with Gasteiger partial charge in [0.2, 0.25) is 5.91 Å². The van der Waals surface area contributed by atoms with Gasteiger partial charge in [0.15, 0.2) is 18.1 Å². The quantitative estimate of drug-likeness (QED) is 0.326. The van der Waals surface area contributed by atoms with Crippen molar-refractivity contribution in [1.29, 1.82) is 0 Å². The predicted molar refractivity (Wildman–Crippen MR) is 114 cm³/mol. The first-order valence-electron chi connectivity index (χ1n) is 10.0. The van der Waals surface area contributed by atoms with E-state index in [1.807, 2.05) is 19.1 Å². The number of hydrogen-bond acceptors (Lipinski definition) is 5. The van der Waals surface area contributed by atoms with E-state index in [4.69, 9.17) is 4.74 Å². The van der Waals surface area contributed by atoms with Crippen molar-refractivity contribution in [1.82, 2.24) is 9.38 Å². The van der Waals surface area contributed by atoms with Gasteiger partial charge in [-0.15, -0.1) is 0 Å². The molecule has 0 spiro atoms. The van der Waals surface area contributed by atoms with Gasteiger partial charge in [-0.2, -0.15) is 0 Å². The van der Waals surface area contributed by atoms with Crippen LogP contribution in [0.5, 0.6) is 0 Å². The van der Waals surface area contributed by atoms with Crippen LogP contribution < -0.4 is 5.32 Å². The Bertz CT molecular complexity index is 1050. The zero-order valence-electron chi connectivity index (χ0n) is 17.2. The third-order valence-corrected chi connectivity index (χ3v) is 4.74. The van der Waals surface area contributed by atoms with Crippen molar-refractivity contribution in [2.24, 2.45) is 0 Å². The Morgan fingerprint density at radius 1 is 1.07 bits per heavy atom. The third-order valence-electron chi connectivity index (χ3n) is 4.74. The summed E-state index contributed by atoms with van der Waals surface area (Å²) in [6.45, 7) is 3.61. The normalized spacial score (nSPS) is 10.7. The number of pyridine rings is 1. The molecule has 0 fully saturated rings. The highest BCUT2D eigenvalue weighted by Gasteiger charge is 2.15. The largest absolute Gasteiger partial charge is 0.453 e. The molecule has 0 aliphatic carbocycles. The summed E-state index contributed by atoms with van der Waals surface area (Å²) >= 11 is 0. The van der Waals surface area contributed by atoms with Gasteiger partial charge in [0.05, 0.1) is 0 Å². The molecule has 2 aromatic heterocycles. The monoisotopic (exact) mass is 407 g/mol. The van der Waals surface area contributed by atoms with Crippen LogP contribution >= 0.6 is 0 Å². The van der Waals surface area contributed by atoms with E-state index in [0.717, 1.165) is 25.0 Å². The summed E-state index contributed by atoms with van der Waals surface area (Å²) in [4.78, 5) is 40.7. The van der Waals surface area contributed by atoms with Gasteiger partial charge in [-0.3, -0.25) is 9.59 Å². The average Bonchev–Trinajstić information content (AvgIpc) is 3.18. The van der Waals surface area contributed by atoms with Gasteiger partial charge in [0, 0.05) is 29.6 Å². The summed E-state index contributed by atoms with van der Waals surface area (Å²) < 4.78 is 6.91. The number of esters is 1. The summed E-state index contributed by atoms with van der Waals surface area (Å²) in [5.74, 6) is -1.02. The molecule has 0 saturated heterocycles. The van der Waals surface area contributed by atoms with Crippen molar-refractivity contribution in [3.63, 3.8) is 0 Å². The number of benzene rings is 1. The highest BCUT2D eigenvalue weighted by Crippen LogP contribution is 2.13. The molecule has 3 rings (SSSR count). The first-order valence-corrected chi connectivity index (χ1v) is 10.0. The number of nitrogens with zero attached hydrogens (tertiary/aromatic N) is 2. The summed E-state index contributed by atoms with van der Waals surface area (Å²) in [7, 11) is 0. The van der Waals surface area contributed by atoms with Gasteiger partial charge in [0.25, 0.3) is 0 Å². The van der Waals surface area contributed by atoms with Gasteiger partial charge in [0.1, 0.15) is 5.65 Å². The maximum Gasteiger partial charge on any atom is 0.359 e. The molecule has 30 heavy (non-hydrogen) atoms. The third kappa shape index (κ3) is 5.31. The van der Waals surface area contributed by atoms with Gasteiger partial charge < -0.3 is 14.5 Å². The molecule has 1 aromatic carbocycles. The molecule has 1 amide bonds. The fourth-order valence-corrected chi connectivity index (χ4v) is 3.03. The molecule has 0 aliphatic heterocycles. The lowest BCUT2D eigenvalue weighted by Gasteiger charge is -2.06. The minimum atomic E-state index is -0.651. The topological polar surface area (TPSA) is 89.8 Å². The van der Waals surface area contributed by atoms with Crippen molar-refractivity contribution in [3.05, 3.63) is 65.6 Å². The number of unbranched alkanes of at least 4 members (excludes halogenated alkanes) is 2. The molecular weight excluding hydrogens is 382 g/mol. The van der Waals surface area contributed by atoms with Crippen LogP contribution in [0.4, 0.5) is 5.69 Å². The van der Waals surface area contributed by atoms with E-state index in [1.54, 1.807) is 40.9 Å². The second-order valence-electron chi connectivity index (χ2n) is 7.10. The minimum Gasteiger partial charge on any atom is -0.453 e. The molecule has 3 aromatic rings. The second-order valence-corrected chi connectivity index (χ2v) is 7.10. The van der Waals surface area contributed by atoms with E-state index in [1.165, 1.54) is 0 Å². The van der Waals surface area contributed by atoms with E-state index < -0.39 is 5.97 Å². The van der Waals surface area contributed by atoms with E-state index >= 15 is 0 Å². The molecule has 0 radical (unpaired) electrons. The Morgan fingerprint density at radius 2 is 1.83 bits per heavy atom. The van der Waals surface area contributed by atoms with Gasteiger partial charge in [-0.25, -0.2) is 9.78 Å². The molecule has 156 valence electrons. The van der Waals surface area contributed by atoms with Crippen LogP contribution in [0.2, 0.25) is 0 Å². The highest BCUT2D eigenvalue weighted by atomic mass is 16.5. The van der Waals surface area contributed by atoms with E-state index in [0.29, 0.717) is 23.3 Å². The SMILES string of the molecule is CCCCCC(=O)Nc1ccc(C(=O)COC(=O)c2cn3c(C)cccc3n2)cc1. The molecule has 0 unspecified atom stereocenters. The number of anilines is 1. The number of carbonyl (C=O) groups excluding carboxylic acids is 3. The molecule has 0 bridgehead atoms. The smallest absolute Gasteiger partial charge is 0.359 e. The number of ether oxygens (including phenoxy) is 1. The molecule has 7 heteroatoms. The Labute approximate surface area is 175 Å². The number of fused-ring (bicyclic) bond motifs is 1. The van der Waals surface area contributed by atoms with E-state index in [-0.39, 0.29) is 24.0 Å².